The van der Waals surface area contributed by atoms with Crippen LogP contribution in [-0.2, 0) is 21.9 Å². The molecule has 6 heteroatoms. The van der Waals surface area contributed by atoms with Gasteiger partial charge in [-0.25, -0.2) is 0 Å². The van der Waals surface area contributed by atoms with E-state index in [9.17, 15) is 9.59 Å². The predicted molar refractivity (Wildman–Crippen MR) is 138 cm³/mol. The number of hydrogen-bond donors (Lipinski definition) is 1. The van der Waals surface area contributed by atoms with Crippen molar-refractivity contribution in [1.82, 2.24) is 10.2 Å². The fraction of sp³-hybridized carbons (Fsp3) is 0.481. The van der Waals surface area contributed by atoms with Crippen LogP contribution in [-0.4, -0.2) is 34.6 Å². The molecule has 4 nitrogen and oxygen atoms in total. The molecule has 1 fully saturated rings. The Morgan fingerprint density at radius 1 is 1.06 bits per heavy atom. The third-order valence-corrected chi connectivity index (χ3v) is 7.72. The minimum atomic E-state index is -0.505. The summed E-state index contributed by atoms with van der Waals surface area (Å²) in [6, 6.07) is 15.5. The molecule has 0 spiro atoms. The van der Waals surface area contributed by atoms with Crippen LogP contribution in [0.3, 0.4) is 0 Å². The van der Waals surface area contributed by atoms with Crippen LogP contribution < -0.4 is 5.32 Å². The first kappa shape index (κ1) is 25.6. The quantitative estimate of drug-likeness (QED) is 0.439. The van der Waals surface area contributed by atoms with Gasteiger partial charge >= 0.3 is 0 Å². The van der Waals surface area contributed by atoms with Crippen molar-refractivity contribution >= 4 is 35.2 Å². The third kappa shape index (κ3) is 7.51. The lowest BCUT2D eigenvalue weighted by Crippen LogP contribution is -2.52. The molecule has 0 radical (unpaired) electrons. The summed E-state index contributed by atoms with van der Waals surface area (Å²) < 4.78 is 0. The zero-order valence-electron chi connectivity index (χ0n) is 19.7. The number of thioether (sulfide) groups is 1. The Bertz CT molecular complexity index is 930. The van der Waals surface area contributed by atoms with Crippen LogP contribution in [0.4, 0.5) is 0 Å². The molecule has 2 aromatic rings. The van der Waals surface area contributed by atoms with Gasteiger partial charge in [-0.15, -0.1) is 11.8 Å². The Morgan fingerprint density at radius 3 is 2.39 bits per heavy atom. The summed E-state index contributed by atoms with van der Waals surface area (Å²) in [5.74, 6) is 1.02. The highest BCUT2D eigenvalue weighted by Crippen LogP contribution is 2.23. The maximum Gasteiger partial charge on any atom is 0.243 e. The average molecular weight is 487 g/mol. The van der Waals surface area contributed by atoms with Crippen molar-refractivity contribution in [2.45, 2.75) is 76.8 Å². The van der Waals surface area contributed by atoms with Gasteiger partial charge < -0.3 is 10.2 Å². The summed E-state index contributed by atoms with van der Waals surface area (Å²) >= 11 is 8.01. The maximum atomic E-state index is 13.4. The number of carbonyl (C=O) groups excluding carboxylic acids is 2. The van der Waals surface area contributed by atoms with Crippen molar-refractivity contribution in [3.8, 4) is 0 Å². The lowest BCUT2D eigenvalue weighted by molar-refractivity contribution is -0.139. The number of aryl methyl sites for hydroxylation is 1. The standard InChI is InChI=1S/C27H35ClN2O2S/c1-3-25(27(32)29-23-14-5-4-6-15-23)30(17-21-12-9-10-16-24(21)28)26(31)19-33-18-22-13-8-7-11-20(22)2/h7-13,16,23,25H,3-6,14-15,17-19H2,1-2H3,(H,29,32). The van der Waals surface area contributed by atoms with Crippen molar-refractivity contribution < 1.29 is 9.59 Å². The van der Waals surface area contributed by atoms with Gasteiger partial charge in [0.25, 0.3) is 0 Å². The molecule has 0 aliphatic heterocycles. The molecule has 1 unspecified atom stereocenters. The smallest absolute Gasteiger partial charge is 0.243 e. The number of amides is 2. The Balaban J connectivity index is 1.72. The van der Waals surface area contributed by atoms with Gasteiger partial charge in [0.05, 0.1) is 5.75 Å². The molecule has 1 N–H and O–H groups in total. The van der Waals surface area contributed by atoms with E-state index in [1.165, 1.54) is 17.5 Å². The second-order valence-corrected chi connectivity index (χ2v) is 10.2. The van der Waals surface area contributed by atoms with Crippen molar-refractivity contribution in [2.24, 2.45) is 0 Å². The van der Waals surface area contributed by atoms with Crippen molar-refractivity contribution in [3.05, 3.63) is 70.2 Å². The van der Waals surface area contributed by atoms with Gasteiger partial charge in [0.1, 0.15) is 6.04 Å². The minimum absolute atomic E-state index is 0.0286. The molecule has 0 aromatic heterocycles. The van der Waals surface area contributed by atoms with E-state index in [4.69, 9.17) is 11.6 Å². The molecule has 33 heavy (non-hydrogen) atoms. The Kier molecular flexibility index (Phi) is 10.1. The second-order valence-electron chi connectivity index (χ2n) is 8.80. The zero-order chi connectivity index (χ0) is 23.6. The highest BCUT2D eigenvalue weighted by atomic mass is 35.5. The normalized spacial score (nSPS) is 15.1. The highest BCUT2D eigenvalue weighted by molar-refractivity contribution is 7.99. The first-order chi connectivity index (χ1) is 16.0. The number of carbonyl (C=O) groups is 2. The molecular weight excluding hydrogens is 452 g/mol. The van der Waals surface area contributed by atoms with E-state index in [0.717, 1.165) is 37.0 Å². The molecule has 1 aliphatic carbocycles. The average Bonchev–Trinajstić information content (AvgIpc) is 2.82. The number of halogens is 1. The van der Waals surface area contributed by atoms with Crippen LogP contribution in [0.25, 0.3) is 0 Å². The van der Waals surface area contributed by atoms with Crippen molar-refractivity contribution in [2.75, 3.05) is 5.75 Å². The SMILES string of the molecule is CCC(C(=O)NC1CCCCC1)N(Cc1ccccc1Cl)C(=O)CSCc1ccccc1C. The predicted octanol–water partition coefficient (Wildman–Crippen LogP) is 6.14. The highest BCUT2D eigenvalue weighted by Gasteiger charge is 2.30. The van der Waals surface area contributed by atoms with Crippen LogP contribution in [0.5, 0.6) is 0 Å². The third-order valence-electron chi connectivity index (χ3n) is 6.38. The topological polar surface area (TPSA) is 49.4 Å². The lowest BCUT2D eigenvalue weighted by Gasteiger charge is -2.33. The molecule has 3 rings (SSSR count). The van der Waals surface area contributed by atoms with Crippen LogP contribution >= 0.6 is 23.4 Å². The molecule has 2 amide bonds. The fourth-order valence-corrected chi connectivity index (χ4v) is 5.56. The number of nitrogens with one attached hydrogen (secondary N) is 1. The van der Waals surface area contributed by atoms with Gasteiger partial charge in [-0.05, 0) is 48.9 Å². The van der Waals surface area contributed by atoms with E-state index < -0.39 is 6.04 Å². The number of rotatable bonds is 10. The molecule has 0 saturated heterocycles. The monoisotopic (exact) mass is 486 g/mol. The van der Waals surface area contributed by atoms with Crippen LogP contribution in [0.2, 0.25) is 5.02 Å². The molecule has 2 aromatic carbocycles. The zero-order valence-corrected chi connectivity index (χ0v) is 21.3. The van der Waals surface area contributed by atoms with Gasteiger partial charge in [0, 0.05) is 23.4 Å². The molecule has 1 saturated carbocycles. The largest absolute Gasteiger partial charge is 0.352 e. The Labute approximate surface area is 207 Å². The van der Waals surface area contributed by atoms with Gasteiger partial charge in [-0.2, -0.15) is 0 Å². The molecular formula is C27H35ClN2O2S. The van der Waals surface area contributed by atoms with E-state index in [1.54, 1.807) is 16.7 Å². The maximum absolute atomic E-state index is 13.4. The summed E-state index contributed by atoms with van der Waals surface area (Å²) in [7, 11) is 0. The van der Waals surface area contributed by atoms with Crippen molar-refractivity contribution in [1.29, 1.82) is 0 Å². The first-order valence-electron chi connectivity index (χ1n) is 11.9. The number of benzene rings is 2. The van der Waals surface area contributed by atoms with Crippen LogP contribution in [0, 0.1) is 6.92 Å². The molecule has 0 bridgehead atoms. The Morgan fingerprint density at radius 2 is 1.73 bits per heavy atom. The van der Waals surface area contributed by atoms with E-state index in [-0.39, 0.29) is 17.9 Å². The van der Waals surface area contributed by atoms with Gasteiger partial charge in [0.15, 0.2) is 0 Å². The van der Waals surface area contributed by atoms with Crippen LogP contribution in [0.15, 0.2) is 48.5 Å². The van der Waals surface area contributed by atoms with E-state index in [2.05, 4.69) is 24.4 Å². The molecule has 178 valence electrons. The summed E-state index contributed by atoms with van der Waals surface area (Å²) in [6.45, 7) is 4.39. The first-order valence-corrected chi connectivity index (χ1v) is 13.5. The summed E-state index contributed by atoms with van der Waals surface area (Å²) in [5, 5.41) is 3.84. The van der Waals surface area contributed by atoms with Gasteiger partial charge in [0.2, 0.25) is 11.8 Å². The van der Waals surface area contributed by atoms with Gasteiger partial charge in [-0.3, -0.25) is 9.59 Å². The van der Waals surface area contributed by atoms with Crippen LogP contribution in [0.1, 0.15) is 62.1 Å². The van der Waals surface area contributed by atoms with E-state index in [0.29, 0.717) is 23.7 Å². The van der Waals surface area contributed by atoms with E-state index >= 15 is 0 Å². The summed E-state index contributed by atoms with van der Waals surface area (Å²) in [5.41, 5.74) is 3.32. The fourth-order valence-electron chi connectivity index (χ4n) is 4.38. The molecule has 0 heterocycles. The molecule has 1 atom stereocenters. The van der Waals surface area contributed by atoms with Gasteiger partial charge in [-0.1, -0.05) is 80.3 Å². The summed E-state index contributed by atoms with van der Waals surface area (Å²) in [6.07, 6.45) is 6.15. The lowest BCUT2D eigenvalue weighted by atomic mass is 9.95. The molecule has 1 aliphatic rings. The van der Waals surface area contributed by atoms with E-state index in [1.807, 2.05) is 43.3 Å². The minimum Gasteiger partial charge on any atom is -0.352 e. The second kappa shape index (κ2) is 13.0. The Hall–Kier alpha value is -1.98. The number of nitrogens with zero attached hydrogens (tertiary/aromatic N) is 1. The number of hydrogen-bond acceptors (Lipinski definition) is 3. The van der Waals surface area contributed by atoms with Crippen molar-refractivity contribution in [3.63, 3.8) is 0 Å². The summed E-state index contributed by atoms with van der Waals surface area (Å²) in [4.78, 5) is 28.4.